The predicted octanol–water partition coefficient (Wildman–Crippen LogP) is 17.2. The van der Waals surface area contributed by atoms with E-state index in [1.807, 2.05) is 0 Å². The number of benzene rings is 5. The molecule has 5 aromatic rings. The van der Waals surface area contributed by atoms with Gasteiger partial charge in [0.1, 0.15) is 23.0 Å². The Morgan fingerprint density at radius 3 is 1.27 bits per heavy atom. The van der Waals surface area contributed by atoms with Crippen LogP contribution in [0.3, 0.4) is 0 Å². The number of unbranched alkanes of at least 4 members (excludes halogenated alkanes) is 22. The van der Waals surface area contributed by atoms with Crippen molar-refractivity contribution >= 4 is 35.5 Å². The highest BCUT2D eigenvalue weighted by atomic mass is 16.6. The van der Waals surface area contributed by atoms with E-state index < -0.39 is 28.5 Å². The molecule has 0 saturated carbocycles. The molecule has 0 radical (unpaired) electrons. The van der Waals surface area contributed by atoms with Gasteiger partial charge in [-0.25, -0.2) is 14.4 Å². The molecule has 0 aliphatic carbocycles. The number of carbonyl (C=O) groups is 3. The fourth-order valence-electron chi connectivity index (χ4n) is 8.41. The summed E-state index contributed by atoms with van der Waals surface area (Å²) in [6.07, 6.45) is 32.1. The number of nitro groups is 1. The van der Waals surface area contributed by atoms with Crippen molar-refractivity contribution in [2.24, 2.45) is 4.99 Å². The zero-order valence-electron chi connectivity index (χ0n) is 43.9. The third-order valence-corrected chi connectivity index (χ3v) is 12.8. The van der Waals surface area contributed by atoms with E-state index in [1.165, 1.54) is 171 Å². The predicted molar refractivity (Wildman–Crippen MR) is 294 cm³/mol. The molecule has 0 spiro atoms. The van der Waals surface area contributed by atoms with E-state index in [1.54, 1.807) is 78.9 Å². The maximum Gasteiger partial charge on any atom is 0.343 e. The Labute approximate surface area is 439 Å². The van der Waals surface area contributed by atoms with Crippen LogP contribution in [0.1, 0.15) is 205 Å². The Morgan fingerprint density at radius 1 is 0.446 bits per heavy atom. The molecule has 0 aliphatic heterocycles. The minimum atomic E-state index is -0.740. The van der Waals surface area contributed by atoms with Crippen LogP contribution in [0.4, 0.5) is 11.4 Å². The van der Waals surface area contributed by atoms with Gasteiger partial charge in [0, 0.05) is 18.3 Å². The molecule has 74 heavy (non-hydrogen) atoms. The first-order valence-corrected chi connectivity index (χ1v) is 27.4. The maximum atomic E-state index is 13.0. The summed E-state index contributed by atoms with van der Waals surface area (Å²) >= 11 is 0. The number of aliphatic imine (C=N–C) groups is 1. The van der Waals surface area contributed by atoms with E-state index in [4.69, 9.17) is 23.7 Å². The van der Waals surface area contributed by atoms with E-state index in [9.17, 15) is 24.5 Å². The minimum Gasteiger partial charge on any atom is -0.494 e. The molecular weight excluding hydrogens is 933 g/mol. The monoisotopic (exact) mass is 1010 g/mol. The van der Waals surface area contributed by atoms with Gasteiger partial charge in [-0.1, -0.05) is 161 Å². The summed E-state index contributed by atoms with van der Waals surface area (Å²) in [6.45, 7) is 5.72. The third kappa shape index (κ3) is 22.5. The largest absolute Gasteiger partial charge is 0.494 e. The SMILES string of the molecule is CCCCCCCCCCCCCCCCOc1ccc(C(=O)Oc2ccc(C=Nc3cccc(OC(=O)c4ccc(OC(=O)c5ccc(OCCCCCCCCCCCC)cc5)cc4)c3)cc2[N+](=O)[O-])cc1. The van der Waals surface area contributed by atoms with Crippen molar-refractivity contribution in [1.82, 2.24) is 0 Å². The highest BCUT2D eigenvalue weighted by Crippen LogP contribution is 2.30. The van der Waals surface area contributed by atoms with Gasteiger partial charge >= 0.3 is 23.6 Å². The fourth-order valence-corrected chi connectivity index (χ4v) is 8.41. The molecule has 0 saturated heterocycles. The van der Waals surface area contributed by atoms with Gasteiger partial charge in [0.15, 0.2) is 0 Å². The van der Waals surface area contributed by atoms with Gasteiger partial charge in [0.25, 0.3) is 0 Å². The lowest BCUT2D eigenvalue weighted by molar-refractivity contribution is -0.385. The van der Waals surface area contributed by atoms with E-state index in [0.29, 0.717) is 41.5 Å². The molecule has 396 valence electrons. The highest BCUT2D eigenvalue weighted by molar-refractivity contribution is 5.93. The van der Waals surface area contributed by atoms with E-state index in [2.05, 4.69) is 18.8 Å². The molecule has 0 aliphatic rings. The second kappa shape index (κ2) is 34.6. The zero-order valence-corrected chi connectivity index (χ0v) is 43.9. The summed E-state index contributed by atoms with van der Waals surface area (Å²) in [7, 11) is 0. The van der Waals surface area contributed by atoms with Crippen molar-refractivity contribution in [3.63, 3.8) is 0 Å². The number of nitrogens with zero attached hydrogens (tertiary/aromatic N) is 2. The van der Waals surface area contributed by atoms with Crippen molar-refractivity contribution in [3.05, 3.63) is 148 Å². The molecule has 5 aromatic carbocycles. The number of nitro benzene ring substituents is 1. The van der Waals surface area contributed by atoms with Crippen molar-refractivity contribution in [1.29, 1.82) is 0 Å². The smallest absolute Gasteiger partial charge is 0.343 e. The van der Waals surface area contributed by atoms with Gasteiger partial charge in [-0.2, -0.15) is 0 Å². The average Bonchev–Trinajstić information content (AvgIpc) is 3.41. The van der Waals surface area contributed by atoms with Crippen molar-refractivity contribution in [2.45, 2.75) is 168 Å². The first kappa shape index (κ1) is 58.1. The van der Waals surface area contributed by atoms with Gasteiger partial charge in [-0.05, 0) is 115 Å². The molecular formula is C62H78N2O10. The number of esters is 3. The van der Waals surface area contributed by atoms with Crippen molar-refractivity contribution < 1.29 is 43.0 Å². The van der Waals surface area contributed by atoms with Crippen LogP contribution in [-0.4, -0.2) is 42.3 Å². The molecule has 0 aromatic heterocycles. The summed E-state index contributed by atoms with van der Waals surface area (Å²) in [4.78, 5) is 54.7. The summed E-state index contributed by atoms with van der Waals surface area (Å²) in [6, 6.07) is 30.0. The van der Waals surface area contributed by atoms with Crippen LogP contribution in [0, 0.1) is 10.1 Å². The Morgan fingerprint density at radius 2 is 0.838 bits per heavy atom. The molecule has 0 unspecified atom stereocenters. The molecule has 12 nitrogen and oxygen atoms in total. The zero-order chi connectivity index (χ0) is 52.4. The number of ether oxygens (including phenoxy) is 5. The Bertz CT molecular complexity index is 2450. The van der Waals surface area contributed by atoms with Crippen molar-refractivity contribution in [2.75, 3.05) is 13.2 Å². The summed E-state index contributed by atoms with van der Waals surface area (Å²) in [5.41, 5.74) is 1.20. The van der Waals surface area contributed by atoms with Gasteiger partial charge in [-0.15, -0.1) is 0 Å². The third-order valence-electron chi connectivity index (χ3n) is 12.8. The second-order valence-corrected chi connectivity index (χ2v) is 19.0. The van der Waals surface area contributed by atoms with Gasteiger partial charge in [0.2, 0.25) is 5.75 Å². The lowest BCUT2D eigenvalue weighted by Crippen LogP contribution is -2.10. The fraction of sp³-hybridized carbons (Fsp3) is 0.452. The molecule has 5 rings (SSSR count). The number of carbonyl (C=O) groups excluding carboxylic acids is 3. The van der Waals surface area contributed by atoms with E-state index in [0.717, 1.165) is 25.7 Å². The van der Waals surface area contributed by atoms with E-state index >= 15 is 0 Å². The molecule has 0 amide bonds. The van der Waals surface area contributed by atoms with Crippen LogP contribution in [0.15, 0.2) is 120 Å². The molecule has 0 heterocycles. The second-order valence-electron chi connectivity index (χ2n) is 19.0. The van der Waals surface area contributed by atoms with Crippen LogP contribution in [0.5, 0.6) is 28.7 Å². The van der Waals surface area contributed by atoms with Gasteiger partial charge < -0.3 is 23.7 Å². The maximum absolute atomic E-state index is 13.0. The first-order chi connectivity index (χ1) is 36.2. The molecule has 0 bridgehead atoms. The Kier molecular flexibility index (Phi) is 27.1. The summed E-state index contributed by atoms with van der Waals surface area (Å²) in [5.74, 6) is -0.316. The van der Waals surface area contributed by atoms with Crippen molar-refractivity contribution in [3.8, 4) is 28.7 Å². The number of rotatable bonds is 37. The standard InChI is InChI=1S/C62H78N2O10/c1-3-5-7-9-11-13-15-16-17-18-20-22-24-26-45-71-55-39-33-52(34-40-55)62(67)74-59-43-30-49(46-58(59)64(68)69)48-63-53-28-27-29-57(47-53)73-61(66)51-35-41-56(42-36-51)72-60(65)50-31-37-54(38-32-50)70-44-25-23-21-19-14-12-10-8-6-4-2/h27-43,46-48H,3-26,44-45H2,1-2H3. The quantitative estimate of drug-likeness (QED) is 0.00938. The first-order valence-electron chi connectivity index (χ1n) is 27.4. The Balaban J connectivity index is 0.994. The summed E-state index contributed by atoms with van der Waals surface area (Å²) < 4.78 is 28.3. The highest BCUT2D eigenvalue weighted by Gasteiger charge is 2.20. The molecule has 0 fully saturated rings. The number of hydrogen-bond acceptors (Lipinski definition) is 11. The van der Waals surface area contributed by atoms with Gasteiger partial charge in [-0.3, -0.25) is 15.1 Å². The minimum absolute atomic E-state index is 0.208. The van der Waals surface area contributed by atoms with E-state index in [-0.39, 0.29) is 28.4 Å². The van der Waals surface area contributed by atoms with Crippen LogP contribution in [0.25, 0.3) is 0 Å². The summed E-state index contributed by atoms with van der Waals surface area (Å²) in [5, 5.41) is 12.1. The van der Waals surface area contributed by atoms with Crippen LogP contribution in [-0.2, 0) is 0 Å². The lowest BCUT2D eigenvalue weighted by Gasteiger charge is -2.09. The normalized spacial score (nSPS) is 11.1. The van der Waals surface area contributed by atoms with Crippen LogP contribution >= 0.6 is 0 Å². The molecule has 0 atom stereocenters. The number of hydrogen-bond donors (Lipinski definition) is 0. The van der Waals surface area contributed by atoms with Crippen LogP contribution < -0.4 is 23.7 Å². The average molecular weight is 1010 g/mol. The van der Waals surface area contributed by atoms with Gasteiger partial charge in [0.05, 0.1) is 40.5 Å². The molecule has 0 N–H and O–H groups in total. The topological polar surface area (TPSA) is 153 Å². The van der Waals surface area contributed by atoms with Crippen LogP contribution in [0.2, 0.25) is 0 Å². The molecule has 12 heteroatoms. The Hall–Kier alpha value is -6.82. The lowest BCUT2D eigenvalue weighted by atomic mass is 10.0.